The quantitative estimate of drug-likeness (QED) is 0.0344. The van der Waals surface area contributed by atoms with Gasteiger partial charge < -0.3 is 23.9 Å². The third-order valence-electron chi connectivity index (χ3n) is 12.5. The number of aliphatic carboxylic acids is 1. The molecule has 356 valence electrons. The molecule has 0 aliphatic rings. The number of rotatable bonds is 49. The number of quaternary nitrogens is 1. The van der Waals surface area contributed by atoms with E-state index in [4.69, 9.17) is 9.47 Å². The maximum absolute atomic E-state index is 13.0. The van der Waals surface area contributed by atoms with E-state index in [-0.39, 0.29) is 25.0 Å². The normalized spacial score (nSPS) is 12.2. The molecule has 0 N–H and O–H groups in total. The predicted octanol–water partition coefficient (Wildman–Crippen LogP) is 14.7. The first-order valence-corrected chi connectivity index (χ1v) is 26.6. The van der Waals surface area contributed by atoms with Crippen LogP contribution in [-0.4, -0.2) is 62.3 Å². The number of esters is 2. The zero-order valence-electron chi connectivity index (χ0n) is 40.8. The number of carbonyl (C=O) groups excluding carboxylic acids is 3. The lowest BCUT2D eigenvalue weighted by atomic mass is 10.0. The van der Waals surface area contributed by atoms with Crippen molar-refractivity contribution >= 4 is 17.9 Å². The summed E-state index contributed by atoms with van der Waals surface area (Å²) >= 11 is 0. The zero-order valence-corrected chi connectivity index (χ0v) is 40.8. The first-order valence-electron chi connectivity index (χ1n) is 26.6. The van der Waals surface area contributed by atoms with Crippen molar-refractivity contribution in [2.45, 2.75) is 290 Å². The molecule has 1 atom stereocenters. The lowest BCUT2D eigenvalue weighted by Crippen LogP contribution is -2.48. The number of carboxylic acids is 1. The molecule has 0 fully saturated rings. The van der Waals surface area contributed by atoms with Crippen molar-refractivity contribution in [1.29, 1.82) is 0 Å². The van der Waals surface area contributed by atoms with Gasteiger partial charge in [0.05, 0.1) is 20.6 Å². The molecule has 0 radical (unpaired) electrons. The number of ether oxygens (including phenoxy) is 2. The molecule has 0 bridgehead atoms. The number of likely N-dealkylation sites (N-methyl/N-ethyl adjacent to an activating group) is 1. The Bertz CT molecular complexity index is 938. The summed E-state index contributed by atoms with van der Waals surface area (Å²) in [6, 6.07) is 0. The van der Waals surface area contributed by atoms with Crippen LogP contribution in [0.3, 0.4) is 0 Å². The van der Waals surface area contributed by atoms with Gasteiger partial charge in [-0.1, -0.05) is 232 Å². The second-order valence-corrected chi connectivity index (χ2v) is 19.3. The summed E-state index contributed by atoms with van der Waals surface area (Å²) in [7, 11) is 4.43. The number of nitrogens with zero attached hydrogens (tertiary/aromatic N) is 1. The predicted molar refractivity (Wildman–Crippen MR) is 253 cm³/mol. The largest absolute Gasteiger partial charge is 0.550 e. The van der Waals surface area contributed by atoms with Crippen molar-refractivity contribution in [2.24, 2.45) is 0 Å². The van der Waals surface area contributed by atoms with Crippen molar-refractivity contribution in [3.05, 3.63) is 0 Å². The van der Waals surface area contributed by atoms with Gasteiger partial charge >= 0.3 is 11.9 Å². The van der Waals surface area contributed by atoms with E-state index in [1.54, 1.807) is 0 Å². The minimum absolute atomic E-state index is 0.149. The molecule has 0 aliphatic heterocycles. The summed E-state index contributed by atoms with van der Waals surface area (Å²) in [5, 5.41) is 10.5. The van der Waals surface area contributed by atoms with Crippen molar-refractivity contribution in [1.82, 2.24) is 0 Å². The van der Waals surface area contributed by atoms with Crippen LogP contribution in [0.25, 0.3) is 0 Å². The highest BCUT2D eigenvalue weighted by atomic mass is 16.6. The average molecular weight is 850 g/mol. The Hall–Kier alpha value is -1.63. The summed E-state index contributed by atoms with van der Waals surface area (Å²) in [6.45, 7) is 6.38. The fourth-order valence-corrected chi connectivity index (χ4v) is 8.60. The molecular weight excluding hydrogens is 747 g/mol. The lowest BCUT2D eigenvalue weighted by Gasteiger charge is -2.33. The summed E-state index contributed by atoms with van der Waals surface area (Å²) in [5.41, 5.74) is 0. The molecule has 0 aliphatic carbocycles. The molecule has 0 aromatic carbocycles. The fraction of sp³-hybridized carbons (Fsp3) is 0.943. The standard InChI is InChI=1S/C53H103NO6/c1-5-7-9-11-13-15-17-20-25-29-33-37-41-45-52(57)59-49-50(60-53(58)46-42-38-34-30-26-21-18-16-14-12-10-8-6-2)48-54(3,4)47-43-39-35-31-27-23-19-22-24-28-32-36-40-44-51(55)56/h50H,5-49H2,1-4H3. The van der Waals surface area contributed by atoms with Crippen LogP contribution in [0.2, 0.25) is 0 Å². The Morgan fingerprint density at radius 3 is 1.02 bits per heavy atom. The molecule has 0 heterocycles. The first-order chi connectivity index (χ1) is 29.2. The topological polar surface area (TPSA) is 92.7 Å². The second kappa shape index (κ2) is 45.4. The molecule has 0 saturated carbocycles. The average Bonchev–Trinajstić information content (AvgIpc) is 3.21. The van der Waals surface area contributed by atoms with Gasteiger partial charge in [0.2, 0.25) is 0 Å². The number of hydrogen-bond donors (Lipinski definition) is 0. The van der Waals surface area contributed by atoms with Crippen molar-refractivity contribution < 1.29 is 33.4 Å². The Labute approximate surface area is 373 Å². The number of carbonyl (C=O) groups is 3. The van der Waals surface area contributed by atoms with E-state index >= 15 is 0 Å². The summed E-state index contributed by atoms with van der Waals surface area (Å²) < 4.78 is 12.6. The van der Waals surface area contributed by atoms with Crippen LogP contribution in [0.5, 0.6) is 0 Å². The van der Waals surface area contributed by atoms with E-state index < -0.39 is 12.1 Å². The number of hydrogen-bond acceptors (Lipinski definition) is 6. The highest BCUT2D eigenvalue weighted by molar-refractivity contribution is 5.70. The molecule has 60 heavy (non-hydrogen) atoms. The molecule has 7 nitrogen and oxygen atoms in total. The van der Waals surface area contributed by atoms with Crippen LogP contribution in [0.1, 0.15) is 284 Å². The van der Waals surface area contributed by atoms with E-state index in [1.807, 2.05) is 0 Å². The van der Waals surface area contributed by atoms with Gasteiger partial charge in [-0.15, -0.1) is 0 Å². The smallest absolute Gasteiger partial charge is 0.306 e. The minimum Gasteiger partial charge on any atom is -0.550 e. The van der Waals surface area contributed by atoms with Crippen molar-refractivity contribution in [2.75, 3.05) is 33.8 Å². The summed E-state index contributed by atoms with van der Waals surface area (Å²) in [4.78, 5) is 36.3. The van der Waals surface area contributed by atoms with Gasteiger partial charge in [-0.3, -0.25) is 9.59 Å². The third kappa shape index (κ3) is 45.9. The van der Waals surface area contributed by atoms with Crippen LogP contribution < -0.4 is 5.11 Å². The molecule has 7 heteroatoms. The Kier molecular flexibility index (Phi) is 44.2. The van der Waals surface area contributed by atoms with E-state index in [0.29, 0.717) is 19.4 Å². The second-order valence-electron chi connectivity index (χ2n) is 19.3. The van der Waals surface area contributed by atoms with E-state index in [2.05, 4.69) is 27.9 Å². The minimum atomic E-state index is -0.927. The summed E-state index contributed by atoms with van der Waals surface area (Å²) in [6.07, 6.45) is 49.4. The molecule has 0 rings (SSSR count). The molecule has 0 saturated heterocycles. The highest BCUT2D eigenvalue weighted by Crippen LogP contribution is 2.17. The van der Waals surface area contributed by atoms with Gasteiger partial charge in [0, 0.05) is 18.8 Å². The Morgan fingerprint density at radius 1 is 0.400 bits per heavy atom. The molecule has 0 amide bonds. The molecule has 0 aromatic heterocycles. The van der Waals surface area contributed by atoms with Crippen LogP contribution in [0, 0.1) is 0 Å². The van der Waals surface area contributed by atoms with Gasteiger partial charge in [-0.2, -0.15) is 0 Å². The lowest BCUT2D eigenvalue weighted by molar-refractivity contribution is -0.893. The third-order valence-corrected chi connectivity index (χ3v) is 12.5. The zero-order chi connectivity index (χ0) is 44.0. The van der Waals surface area contributed by atoms with Crippen LogP contribution in [-0.2, 0) is 23.9 Å². The highest BCUT2D eigenvalue weighted by Gasteiger charge is 2.26. The Morgan fingerprint density at radius 2 is 0.683 bits per heavy atom. The molecule has 1 unspecified atom stereocenters. The van der Waals surface area contributed by atoms with E-state index in [0.717, 1.165) is 62.4 Å². The fourth-order valence-electron chi connectivity index (χ4n) is 8.60. The monoisotopic (exact) mass is 850 g/mol. The van der Waals surface area contributed by atoms with Gasteiger partial charge in [0.15, 0.2) is 6.10 Å². The molecular formula is C53H103NO6. The summed E-state index contributed by atoms with van der Waals surface area (Å²) in [5.74, 6) is -1.24. The maximum atomic E-state index is 13.0. The van der Waals surface area contributed by atoms with Gasteiger partial charge in [0.25, 0.3) is 0 Å². The van der Waals surface area contributed by atoms with Crippen molar-refractivity contribution in [3.63, 3.8) is 0 Å². The van der Waals surface area contributed by atoms with Gasteiger partial charge in [-0.25, -0.2) is 0 Å². The van der Waals surface area contributed by atoms with Crippen LogP contribution in [0.4, 0.5) is 0 Å². The first kappa shape index (κ1) is 58.4. The molecule has 0 aromatic rings. The van der Waals surface area contributed by atoms with Gasteiger partial charge in [-0.05, 0) is 38.5 Å². The van der Waals surface area contributed by atoms with Crippen molar-refractivity contribution in [3.8, 4) is 0 Å². The SMILES string of the molecule is CCCCCCCCCCCCCCCC(=O)OCC(C[N+](C)(C)CCCCCCCCCCCCCCCC(=O)[O-])OC(=O)CCCCCCCCCCCCCCC. The van der Waals surface area contributed by atoms with E-state index in [9.17, 15) is 19.5 Å². The Balaban J connectivity index is 4.43. The number of unbranched alkanes of at least 4 members (excludes halogenated alkanes) is 36. The van der Waals surface area contributed by atoms with E-state index in [1.165, 1.54) is 199 Å². The van der Waals surface area contributed by atoms with Crippen LogP contribution in [0.15, 0.2) is 0 Å². The van der Waals surface area contributed by atoms with Gasteiger partial charge in [0.1, 0.15) is 13.2 Å². The number of carboxylic acid groups (broad SMARTS) is 1. The maximum Gasteiger partial charge on any atom is 0.306 e. The van der Waals surface area contributed by atoms with Crippen LogP contribution >= 0.6 is 0 Å². The molecule has 0 spiro atoms.